The maximum absolute atomic E-state index is 13.5. The Balaban J connectivity index is 1.92. The molecule has 0 aromatic heterocycles. The fourth-order valence-electron chi connectivity index (χ4n) is 2.03. The number of nitrogens with one attached hydrogen (secondary N) is 2. The Bertz CT molecular complexity index is 1050. The molecule has 0 saturated heterocycles. The van der Waals surface area contributed by atoms with Crippen LogP contribution in [-0.2, 0) is 24.3 Å². The predicted octanol–water partition coefficient (Wildman–Crippen LogP) is 3.12. The van der Waals surface area contributed by atoms with Crippen molar-refractivity contribution in [2.24, 2.45) is 0 Å². The average Bonchev–Trinajstić information content (AvgIpc) is 2.63. The van der Waals surface area contributed by atoms with E-state index in [0.29, 0.717) is 6.07 Å². The number of hydrogen-bond acceptors (Lipinski definition) is 5. The minimum Gasteiger partial charge on any atom is -0.454 e. The highest BCUT2D eigenvalue weighted by molar-refractivity contribution is 7.89. The summed E-state index contributed by atoms with van der Waals surface area (Å²) in [5, 5.41) is 2.26. The lowest BCUT2D eigenvalue weighted by Gasteiger charge is -2.14. The molecule has 0 aliphatic rings. The van der Waals surface area contributed by atoms with E-state index in [1.807, 2.05) is 0 Å². The summed E-state index contributed by atoms with van der Waals surface area (Å²) in [6.45, 7) is 0.392. The van der Waals surface area contributed by atoms with Gasteiger partial charge < -0.3 is 10.1 Å². The van der Waals surface area contributed by atoms with E-state index >= 15 is 0 Å². The quantitative estimate of drug-likeness (QED) is 0.610. The SMILES string of the molecule is C[C@H](NS(=O)(=O)c1ccc(Cl)c(Cl)c1)C(=O)OCC(=O)Nc1ccc(F)cc1F. The number of sulfonamides is 1. The molecule has 2 N–H and O–H groups in total. The predicted molar refractivity (Wildman–Crippen MR) is 102 cm³/mol. The Kier molecular flexibility index (Phi) is 7.53. The molecule has 156 valence electrons. The zero-order valence-corrected chi connectivity index (χ0v) is 17.0. The summed E-state index contributed by atoms with van der Waals surface area (Å²) in [4.78, 5) is 23.5. The molecule has 29 heavy (non-hydrogen) atoms. The van der Waals surface area contributed by atoms with Crippen LogP contribution in [0.2, 0.25) is 10.0 Å². The van der Waals surface area contributed by atoms with E-state index < -0.39 is 46.2 Å². The van der Waals surface area contributed by atoms with E-state index in [4.69, 9.17) is 27.9 Å². The smallest absolute Gasteiger partial charge is 0.324 e. The summed E-state index contributed by atoms with van der Waals surface area (Å²) >= 11 is 11.5. The molecule has 0 spiro atoms. The number of carbonyl (C=O) groups is 2. The summed E-state index contributed by atoms with van der Waals surface area (Å²) in [5.74, 6) is -3.78. The standard InChI is InChI=1S/C17H14Cl2F2N2O5S/c1-9(23-29(26,27)11-3-4-12(18)13(19)7-11)17(25)28-8-16(24)22-15-5-2-10(20)6-14(15)21/h2-7,9,23H,8H2,1H3,(H,22,24)/t9-/m0/s1. The Morgan fingerprint density at radius 3 is 2.41 bits per heavy atom. The lowest BCUT2D eigenvalue weighted by atomic mass is 10.3. The molecular weight excluding hydrogens is 453 g/mol. The van der Waals surface area contributed by atoms with Crippen molar-refractivity contribution in [1.82, 2.24) is 4.72 Å². The maximum Gasteiger partial charge on any atom is 0.324 e. The Morgan fingerprint density at radius 2 is 1.79 bits per heavy atom. The normalized spacial score (nSPS) is 12.3. The topological polar surface area (TPSA) is 102 Å². The molecule has 12 heteroatoms. The molecule has 0 bridgehead atoms. The number of ether oxygens (including phenoxy) is 1. The largest absolute Gasteiger partial charge is 0.454 e. The summed E-state index contributed by atoms with van der Waals surface area (Å²) in [6, 6.07) is 4.74. The third-order valence-electron chi connectivity index (χ3n) is 3.44. The van der Waals surface area contributed by atoms with Crippen LogP contribution >= 0.6 is 23.2 Å². The molecule has 0 radical (unpaired) electrons. The number of carbonyl (C=O) groups excluding carboxylic acids is 2. The van der Waals surface area contributed by atoms with Gasteiger partial charge in [0.05, 0.1) is 20.6 Å². The second kappa shape index (κ2) is 9.49. The van der Waals surface area contributed by atoms with Gasteiger partial charge in [0.1, 0.15) is 17.7 Å². The van der Waals surface area contributed by atoms with Gasteiger partial charge in [-0.25, -0.2) is 17.2 Å². The number of benzene rings is 2. The highest BCUT2D eigenvalue weighted by Crippen LogP contribution is 2.24. The highest BCUT2D eigenvalue weighted by atomic mass is 35.5. The average molecular weight is 467 g/mol. The van der Waals surface area contributed by atoms with E-state index in [0.717, 1.165) is 18.2 Å². The summed E-state index contributed by atoms with van der Waals surface area (Å²) in [6.07, 6.45) is 0. The van der Waals surface area contributed by atoms with Crippen LogP contribution < -0.4 is 10.0 Å². The van der Waals surface area contributed by atoms with Crippen molar-refractivity contribution in [2.75, 3.05) is 11.9 Å². The van der Waals surface area contributed by atoms with E-state index in [9.17, 15) is 26.8 Å². The first-order valence-corrected chi connectivity index (χ1v) is 10.1. The van der Waals surface area contributed by atoms with Gasteiger partial charge in [-0.3, -0.25) is 9.59 Å². The van der Waals surface area contributed by atoms with Crippen molar-refractivity contribution in [3.8, 4) is 0 Å². The fourth-order valence-corrected chi connectivity index (χ4v) is 3.61. The number of hydrogen-bond donors (Lipinski definition) is 2. The van der Waals surface area contributed by atoms with Crippen molar-refractivity contribution in [3.63, 3.8) is 0 Å². The van der Waals surface area contributed by atoms with E-state index in [2.05, 4.69) is 10.0 Å². The van der Waals surface area contributed by atoms with Crippen molar-refractivity contribution in [2.45, 2.75) is 17.9 Å². The Labute approximate surface area is 175 Å². The molecule has 2 rings (SSSR count). The third-order valence-corrected chi connectivity index (χ3v) is 5.72. The van der Waals surface area contributed by atoms with Gasteiger partial charge in [-0.05, 0) is 37.3 Å². The molecule has 0 unspecified atom stereocenters. The zero-order valence-electron chi connectivity index (χ0n) is 14.7. The summed E-state index contributed by atoms with van der Waals surface area (Å²) < 4.78 is 57.7. The Morgan fingerprint density at radius 1 is 1.10 bits per heavy atom. The molecular formula is C17H14Cl2F2N2O5S. The molecule has 1 atom stereocenters. The van der Waals surface area contributed by atoms with Gasteiger partial charge in [0.25, 0.3) is 5.91 Å². The molecule has 0 heterocycles. The fraction of sp³-hybridized carbons (Fsp3) is 0.176. The second-order valence-electron chi connectivity index (χ2n) is 5.70. The first-order chi connectivity index (χ1) is 13.5. The second-order valence-corrected chi connectivity index (χ2v) is 8.23. The number of rotatable bonds is 7. The third kappa shape index (κ3) is 6.36. The zero-order chi connectivity index (χ0) is 21.8. The van der Waals surface area contributed by atoms with Crippen LogP contribution in [0.3, 0.4) is 0 Å². The van der Waals surface area contributed by atoms with Crippen LogP contribution in [0.25, 0.3) is 0 Å². The monoisotopic (exact) mass is 466 g/mol. The van der Waals surface area contributed by atoms with Crippen molar-refractivity contribution in [3.05, 3.63) is 58.1 Å². The first kappa shape index (κ1) is 23.0. The van der Waals surface area contributed by atoms with Crippen molar-refractivity contribution in [1.29, 1.82) is 0 Å². The van der Waals surface area contributed by atoms with Gasteiger partial charge in [0, 0.05) is 6.07 Å². The maximum atomic E-state index is 13.5. The minimum absolute atomic E-state index is 0.00877. The molecule has 0 saturated carbocycles. The number of halogens is 4. The lowest BCUT2D eigenvalue weighted by molar-refractivity contribution is -0.148. The minimum atomic E-state index is -4.12. The Hall–Kier alpha value is -2.27. The van der Waals surface area contributed by atoms with Gasteiger partial charge in [0.2, 0.25) is 10.0 Å². The lowest BCUT2D eigenvalue weighted by Crippen LogP contribution is -2.40. The summed E-state index contributed by atoms with van der Waals surface area (Å²) in [5.41, 5.74) is -0.305. The van der Waals surface area contributed by atoms with Crippen LogP contribution in [0.5, 0.6) is 0 Å². The molecule has 2 aromatic rings. The molecule has 2 aromatic carbocycles. The number of anilines is 1. The molecule has 0 aliphatic heterocycles. The van der Waals surface area contributed by atoms with Crippen molar-refractivity contribution >= 4 is 50.8 Å². The van der Waals surface area contributed by atoms with E-state index in [1.54, 1.807) is 0 Å². The van der Waals surface area contributed by atoms with Crippen LogP contribution in [0.4, 0.5) is 14.5 Å². The molecule has 0 aliphatic carbocycles. The number of esters is 1. The highest BCUT2D eigenvalue weighted by Gasteiger charge is 2.24. The molecule has 7 nitrogen and oxygen atoms in total. The van der Waals surface area contributed by atoms with Crippen LogP contribution in [0, 0.1) is 11.6 Å². The molecule has 0 fully saturated rings. The van der Waals surface area contributed by atoms with Gasteiger partial charge >= 0.3 is 5.97 Å². The van der Waals surface area contributed by atoms with E-state index in [1.165, 1.54) is 19.1 Å². The van der Waals surface area contributed by atoms with Crippen molar-refractivity contribution < 1.29 is 31.5 Å². The molecule has 1 amide bonds. The summed E-state index contributed by atoms with van der Waals surface area (Å²) in [7, 11) is -4.12. The van der Waals surface area contributed by atoms with E-state index in [-0.39, 0.29) is 20.6 Å². The van der Waals surface area contributed by atoms with Gasteiger partial charge in [-0.1, -0.05) is 23.2 Å². The van der Waals surface area contributed by atoms with Gasteiger partial charge in [-0.2, -0.15) is 4.72 Å². The first-order valence-electron chi connectivity index (χ1n) is 7.88. The van der Waals surface area contributed by atoms with Gasteiger partial charge in [-0.15, -0.1) is 0 Å². The number of amides is 1. The van der Waals surface area contributed by atoms with Gasteiger partial charge in [0.15, 0.2) is 6.61 Å². The van der Waals surface area contributed by atoms with Crippen LogP contribution in [0.1, 0.15) is 6.92 Å². The van der Waals surface area contributed by atoms with Crippen LogP contribution in [0.15, 0.2) is 41.3 Å². The van der Waals surface area contributed by atoms with Crippen LogP contribution in [-0.4, -0.2) is 32.9 Å².